The SMILES string of the molecule is FC1(F)CCN(Cc2cccc(Br)n2)C1. The molecule has 1 aliphatic heterocycles. The van der Waals surface area contributed by atoms with Gasteiger partial charge in [-0.1, -0.05) is 6.07 Å². The molecule has 1 saturated heterocycles. The first-order valence-corrected chi connectivity index (χ1v) is 5.56. The maximum atomic E-state index is 12.9. The van der Waals surface area contributed by atoms with E-state index < -0.39 is 5.92 Å². The molecule has 5 heteroatoms. The van der Waals surface area contributed by atoms with Crippen LogP contribution in [-0.4, -0.2) is 28.9 Å². The summed E-state index contributed by atoms with van der Waals surface area (Å²) in [6, 6.07) is 5.53. The van der Waals surface area contributed by atoms with Crippen LogP contribution in [0.5, 0.6) is 0 Å². The monoisotopic (exact) mass is 276 g/mol. The summed E-state index contributed by atoms with van der Waals surface area (Å²) in [5.41, 5.74) is 0.821. The van der Waals surface area contributed by atoms with Crippen LogP contribution in [0, 0.1) is 0 Å². The van der Waals surface area contributed by atoms with E-state index in [0.717, 1.165) is 10.3 Å². The van der Waals surface area contributed by atoms with Crippen LogP contribution >= 0.6 is 15.9 Å². The molecule has 0 aliphatic carbocycles. The molecule has 1 aromatic rings. The lowest BCUT2D eigenvalue weighted by molar-refractivity contribution is 0.0114. The number of likely N-dealkylation sites (tertiary alicyclic amines) is 1. The molecular weight excluding hydrogens is 266 g/mol. The number of pyridine rings is 1. The zero-order chi connectivity index (χ0) is 10.9. The Kier molecular flexibility index (Phi) is 3.02. The Morgan fingerprint density at radius 1 is 1.47 bits per heavy atom. The molecule has 0 aromatic carbocycles. The fourth-order valence-electron chi connectivity index (χ4n) is 1.71. The smallest absolute Gasteiger partial charge is 0.261 e. The molecule has 82 valence electrons. The molecule has 0 spiro atoms. The molecule has 2 rings (SSSR count). The maximum absolute atomic E-state index is 12.9. The summed E-state index contributed by atoms with van der Waals surface area (Å²) in [7, 11) is 0. The van der Waals surface area contributed by atoms with Gasteiger partial charge in [0.25, 0.3) is 5.92 Å². The van der Waals surface area contributed by atoms with Crippen molar-refractivity contribution in [3.63, 3.8) is 0 Å². The summed E-state index contributed by atoms with van der Waals surface area (Å²) in [6.45, 7) is 0.789. The van der Waals surface area contributed by atoms with Crippen LogP contribution in [0.3, 0.4) is 0 Å². The standard InChI is InChI=1S/C10H11BrF2N2/c11-9-3-1-2-8(14-9)6-15-5-4-10(12,13)7-15/h1-3H,4-7H2. The number of aromatic nitrogens is 1. The van der Waals surface area contributed by atoms with E-state index in [1.54, 1.807) is 4.90 Å². The molecule has 15 heavy (non-hydrogen) atoms. The van der Waals surface area contributed by atoms with Crippen molar-refractivity contribution in [2.75, 3.05) is 13.1 Å². The van der Waals surface area contributed by atoms with E-state index in [9.17, 15) is 8.78 Å². The molecule has 0 bridgehead atoms. The highest BCUT2D eigenvalue weighted by atomic mass is 79.9. The minimum Gasteiger partial charge on any atom is -0.291 e. The number of hydrogen-bond acceptors (Lipinski definition) is 2. The van der Waals surface area contributed by atoms with Crippen molar-refractivity contribution >= 4 is 15.9 Å². The van der Waals surface area contributed by atoms with E-state index in [1.807, 2.05) is 18.2 Å². The predicted molar refractivity (Wildman–Crippen MR) is 56.8 cm³/mol. The van der Waals surface area contributed by atoms with Crippen molar-refractivity contribution in [2.24, 2.45) is 0 Å². The molecule has 0 atom stereocenters. The van der Waals surface area contributed by atoms with E-state index in [2.05, 4.69) is 20.9 Å². The molecule has 1 aromatic heterocycles. The number of hydrogen-bond donors (Lipinski definition) is 0. The van der Waals surface area contributed by atoms with Crippen molar-refractivity contribution in [3.8, 4) is 0 Å². The first-order valence-electron chi connectivity index (χ1n) is 4.77. The van der Waals surface area contributed by atoms with Gasteiger partial charge in [-0.2, -0.15) is 0 Å². The van der Waals surface area contributed by atoms with E-state index in [0.29, 0.717) is 13.1 Å². The van der Waals surface area contributed by atoms with Crippen molar-refractivity contribution in [3.05, 3.63) is 28.5 Å². The highest BCUT2D eigenvalue weighted by Gasteiger charge is 2.37. The lowest BCUT2D eigenvalue weighted by Crippen LogP contribution is -2.25. The van der Waals surface area contributed by atoms with Crippen molar-refractivity contribution in [1.82, 2.24) is 9.88 Å². The zero-order valence-electron chi connectivity index (χ0n) is 8.09. The molecule has 1 aliphatic rings. The number of halogens is 3. The molecule has 0 radical (unpaired) electrons. The second-order valence-electron chi connectivity index (χ2n) is 3.77. The lowest BCUT2D eigenvalue weighted by atomic mass is 10.3. The third kappa shape index (κ3) is 2.95. The van der Waals surface area contributed by atoms with Crippen molar-refractivity contribution in [1.29, 1.82) is 0 Å². The van der Waals surface area contributed by atoms with Crippen molar-refractivity contribution in [2.45, 2.75) is 18.9 Å². The van der Waals surface area contributed by atoms with Crippen LogP contribution in [0.4, 0.5) is 8.78 Å². The van der Waals surface area contributed by atoms with Gasteiger partial charge < -0.3 is 0 Å². The molecule has 2 heterocycles. The molecule has 1 fully saturated rings. The van der Waals surface area contributed by atoms with E-state index >= 15 is 0 Å². The maximum Gasteiger partial charge on any atom is 0.261 e. The topological polar surface area (TPSA) is 16.1 Å². The number of nitrogens with zero attached hydrogens (tertiary/aromatic N) is 2. The third-order valence-electron chi connectivity index (χ3n) is 2.41. The average molecular weight is 277 g/mol. The molecule has 0 amide bonds. The van der Waals surface area contributed by atoms with E-state index in [4.69, 9.17) is 0 Å². The second-order valence-corrected chi connectivity index (χ2v) is 4.58. The largest absolute Gasteiger partial charge is 0.291 e. The fraction of sp³-hybridized carbons (Fsp3) is 0.500. The molecular formula is C10H11BrF2N2. The first-order chi connectivity index (χ1) is 7.05. The zero-order valence-corrected chi connectivity index (χ0v) is 9.67. The highest BCUT2D eigenvalue weighted by molar-refractivity contribution is 9.10. The van der Waals surface area contributed by atoms with Gasteiger partial charge in [0, 0.05) is 19.5 Å². The van der Waals surface area contributed by atoms with Gasteiger partial charge in [-0.25, -0.2) is 13.8 Å². The van der Waals surface area contributed by atoms with E-state index in [-0.39, 0.29) is 13.0 Å². The summed E-state index contributed by atoms with van der Waals surface area (Å²) < 4.78 is 26.6. The Morgan fingerprint density at radius 2 is 2.27 bits per heavy atom. The number of alkyl halides is 2. The van der Waals surface area contributed by atoms with Gasteiger partial charge in [0.15, 0.2) is 0 Å². The van der Waals surface area contributed by atoms with Gasteiger partial charge in [0.1, 0.15) is 4.60 Å². The molecule has 0 N–H and O–H groups in total. The summed E-state index contributed by atoms with van der Waals surface area (Å²) >= 11 is 3.26. The quantitative estimate of drug-likeness (QED) is 0.773. The van der Waals surface area contributed by atoms with Crippen LogP contribution in [-0.2, 0) is 6.54 Å². The second kappa shape index (κ2) is 4.14. The first kappa shape index (κ1) is 11.0. The van der Waals surface area contributed by atoms with Crippen LogP contribution < -0.4 is 0 Å². The van der Waals surface area contributed by atoms with Crippen LogP contribution in [0.2, 0.25) is 0 Å². The lowest BCUT2D eigenvalue weighted by Gasteiger charge is -2.14. The molecule has 0 unspecified atom stereocenters. The normalized spacial score (nSPS) is 20.7. The Hall–Kier alpha value is -0.550. The summed E-state index contributed by atoms with van der Waals surface area (Å²) in [5.74, 6) is -2.52. The highest BCUT2D eigenvalue weighted by Crippen LogP contribution is 2.27. The Balaban J connectivity index is 1.99. The van der Waals surface area contributed by atoms with Crippen LogP contribution in [0.1, 0.15) is 12.1 Å². The van der Waals surface area contributed by atoms with Crippen LogP contribution in [0.15, 0.2) is 22.8 Å². The van der Waals surface area contributed by atoms with Gasteiger partial charge in [-0.05, 0) is 28.1 Å². The van der Waals surface area contributed by atoms with E-state index in [1.165, 1.54) is 0 Å². The van der Waals surface area contributed by atoms with Gasteiger partial charge in [-0.3, -0.25) is 4.90 Å². The summed E-state index contributed by atoms with van der Waals surface area (Å²) in [5, 5.41) is 0. The average Bonchev–Trinajstić information content (AvgIpc) is 2.45. The Morgan fingerprint density at radius 3 is 2.87 bits per heavy atom. The van der Waals surface area contributed by atoms with Gasteiger partial charge in [0.2, 0.25) is 0 Å². The van der Waals surface area contributed by atoms with Gasteiger partial charge >= 0.3 is 0 Å². The minimum absolute atomic E-state index is 0.0407. The number of rotatable bonds is 2. The van der Waals surface area contributed by atoms with Crippen LogP contribution in [0.25, 0.3) is 0 Å². The summed E-state index contributed by atoms with van der Waals surface area (Å²) in [4.78, 5) is 5.95. The Bertz CT molecular complexity index is 357. The van der Waals surface area contributed by atoms with Crippen molar-refractivity contribution < 1.29 is 8.78 Å². The minimum atomic E-state index is -2.52. The van der Waals surface area contributed by atoms with Gasteiger partial charge in [0.05, 0.1) is 12.2 Å². The predicted octanol–water partition coefficient (Wildman–Crippen LogP) is 2.69. The van der Waals surface area contributed by atoms with Gasteiger partial charge in [-0.15, -0.1) is 0 Å². The fourth-order valence-corrected chi connectivity index (χ4v) is 2.09. The third-order valence-corrected chi connectivity index (χ3v) is 2.85. The Labute approximate surface area is 95.4 Å². The summed E-state index contributed by atoms with van der Waals surface area (Å²) in [6.07, 6.45) is -0.0407. The molecule has 2 nitrogen and oxygen atoms in total. The molecule has 0 saturated carbocycles.